The molecule has 0 bridgehead atoms. The summed E-state index contributed by atoms with van der Waals surface area (Å²) in [4.78, 5) is 0. The van der Waals surface area contributed by atoms with Crippen LogP contribution in [0.25, 0.3) is 0 Å². The molecule has 0 aromatic heterocycles. The van der Waals surface area contributed by atoms with Gasteiger partial charge in [0.2, 0.25) is 0 Å². The van der Waals surface area contributed by atoms with Crippen molar-refractivity contribution in [3.63, 3.8) is 0 Å². The first kappa shape index (κ1) is 14.8. The van der Waals surface area contributed by atoms with Gasteiger partial charge in [-0.2, -0.15) is 0 Å². The Bertz CT molecular complexity index is 305. The molecule has 0 heterocycles. The molecule has 0 aliphatic heterocycles. The van der Waals surface area contributed by atoms with Crippen LogP contribution in [0.15, 0.2) is 0 Å². The van der Waals surface area contributed by atoms with Crippen LogP contribution < -0.4 is 5.32 Å². The second-order valence-corrected chi connectivity index (χ2v) is 7.94. The molecule has 2 unspecified atom stereocenters. The van der Waals surface area contributed by atoms with Crippen molar-refractivity contribution in [2.75, 3.05) is 6.54 Å². The first-order valence-electron chi connectivity index (χ1n) is 9.08. The average molecular weight is 279 g/mol. The van der Waals surface area contributed by atoms with Crippen LogP contribution >= 0.6 is 0 Å². The summed E-state index contributed by atoms with van der Waals surface area (Å²) in [5.74, 6) is 1.66. The van der Waals surface area contributed by atoms with E-state index in [0.29, 0.717) is 6.10 Å². The molecule has 0 aromatic rings. The van der Waals surface area contributed by atoms with Crippen LogP contribution in [-0.2, 0) is 4.74 Å². The highest BCUT2D eigenvalue weighted by Gasteiger charge is 2.39. The molecule has 0 radical (unpaired) electrons. The van der Waals surface area contributed by atoms with E-state index in [0.717, 1.165) is 24.4 Å². The molecule has 0 saturated heterocycles. The van der Waals surface area contributed by atoms with Crippen molar-refractivity contribution in [2.24, 2.45) is 11.8 Å². The molecule has 20 heavy (non-hydrogen) atoms. The average Bonchev–Trinajstić information content (AvgIpc) is 3.27. The van der Waals surface area contributed by atoms with Crippen LogP contribution in [0, 0.1) is 11.8 Å². The predicted molar refractivity (Wildman–Crippen MR) is 83.9 cm³/mol. The fourth-order valence-corrected chi connectivity index (χ4v) is 4.02. The lowest BCUT2D eigenvalue weighted by Gasteiger charge is -2.44. The summed E-state index contributed by atoms with van der Waals surface area (Å²) < 4.78 is 6.80. The van der Waals surface area contributed by atoms with Crippen LogP contribution in [0.4, 0.5) is 0 Å². The number of hydrogen-bond acceptors (Lipinski definition) is 2. The van der Waals surface area contributed by atoms with Crippen LogP contribution in [-0.4, -0.2) is 24.3 Å². The third-order valence-corrected chi connectivity index (χ3v) is 5.91. The lowest BCUT2D eigenvalue weighted by atomic mass is 9.78. The standard InChI is InChI=1S/C18H33NO/c1-14-9-11-18(12-10-14,13-19-16-7-8-16)20-17-6-4-3-5-15(17)2/h14-17,19H,3-13H2,1-2H3. The van der Waals surface area contributed by atoms with Gasteiger partial charge in [0, 0.05) is 12.6 Å². The van der Waals surface area contributed by atoms with E-state index >= 15 is 0 Å². The van der Waals surface area contributed by atoms with E-state index in [1.807, 2.05) is 0 Å². The number of nitrogens with one attached hydrogen (secondary N) is 1. The minimum atomic E-state index is 0.158. The normalized spacial score (nSPS) is 42.6. The van der Waals surface area contributed by atoms with Gasteiger partial charge in [0.15, 0.2) is 0 Å². The van der Waals surface area contributed by atoms with Crippen molar-refractivity contribution in [3.05, 3.63) is 0 Å². The molecule has 0 spiro atoms. The quantitative estimate of drug-likeness (QED) is 0.811. The predicted octanol–water partition coefficient (Wildman–Crippen LogP) is 4.28. The lowest BCUT2D eigenvalue weighted by Crippen LogP contribution is -2.49. The zero-order chi connectivity index (χ0) is 14.0. The van der Waals surface area contributed by atoms with E-state index in [2.05, 4.69) is 19.2 Å². The molecule has 3 aliphatic carbocycles. The van der Waals surface area contributed by atoms with Gasteiger partial charge in [0.25, 0.3) is 0 Å². The first-order chi connectivity index (χ1) is 9.67. The number of ether oxygens (including phenoxy) is 1. The Morgan fingerprint density at radius 1 is 0.950 bits per heavy atom. The fourth-order valence-electron chi connectivity index (χ4n) is 4.02. The molecule has 3 aliphatic rings. The Kier molecular flexibility index (Phi) is 4.72. The smallest absolute Gasteiger partial charge is 0.0810 e. The molecule has 0 amide bonds. The largest absolute Gasteiger partial charge is 0.370 e. The van der Waals surface area contributed by atoms with E-state index in [1.54, 1.807) is 0 Å². The second kappa shape index (κ2) is 6.36. The Morgan fingerprint density at radius 2 is 1.65 bits per heavy atom. The highest BCUT2D eigenvalue weighted by Crippen LogP contribution is 2.39. The van der Waals surface area contributed by atoms with Crippen LogP contribution in [0.5, 0.6) is 0 Å². The fraction of sp³-hybridized carbons (Fsp3) is 1.00. The van der Waals surface area contributed by atoms with Gasteiger partial charge in [-0.05, 0) is 63.2 Å². The highest BCUT2D eigenvalue weighted by atomic mass is 16.5. The van der Waals surface area contributed by atoms with Crippen molar-refractivity contribution >= 4 is 0 Å². The summed E-state index contributed by atoms with van der Waals surface area (Å²) in [6, 6.07) is 0.804. The number of rotatable bonds is 5. The van der Waals surface area contributed by atoms with Crippen molar-refractivity contribution in [1.29, 1.82) is 0 Å². The summed E-state index contributed by atoms with van der Waals surface area (Å²) >= 11 is 0. The van der Waals surface area contributed by atoms with Gasteiger partial charge in [0.1, 0.15) is 0 Å². The molecule has 3 fully saturated rings. The van der Waals surface area contributed by atoms with E-state index in [1.165, 1.54) is 64.2 Å². The number of hydrogen-bond donors (Lipinski definition) is 1. The van der Waals surface area contributed by atoms with Gasteiger partial charge in [-0.25, -0.2) is 0 Å². The van der Waals surface area contributed by atoms with E-state index in [4.69, 9.17) is 4.74 Å². The third kappa shape index (κ3) is 3.76. The van der Waals surface area contributed by atoms with Gasteiger partial charge in [-0.3, -0.25) is 0 Å². The van der Waals surface area contributed by atoms with Gasteiger partial charge in [-0.1, -0.05) is 26.7 Å². The molecule has 116 valence electrons. The second-order valence-electron chi connectivity index (χ2n) is 7.94. The maximum Gasteiger partial charge on any atom is 0.0810 e. The Morgan fingerprint density at radius 3 is 2.30 bits per heavy atom. The molecule has 0 aromatic carbocycles. The van der Waals surface area contributed by atoms with E-state index in [9.17, 15) is 0 Å². The van der Waals surface area contributed by atoms with Crippen molar-refractivity contribution in [1.82, 2.24) is 5.32 Å². The maximum absolute atomic E-state index is 6.80. The zero-order valence-electron chi connectivity index (χ0n) is 13.5. The molecular formula is C18H33NO. The monoisotopic (exact) mass is 279 g/mol. The summed E-state index contributed by atoms with van der Waals surface area (Å²) in [5.41, 5.74) is 0.158. The van der Waals surface area contributed by atoms with Gasteiger partial charge in [-0.15, -0.1) is 0 Å². The van der Waals surface area contributed by atoms with Crippen molar-refractivity contribution < 1.29 is 4.74 Å². The van der Waals surface area contributed by atoms with Crippen molar-refractivity contribution in [2.45, 2.75) is 95.8 Å². The SMILES string of the molecule is CC1CCC(CNC2CC2)(OC2CCCCC2C)CC1. The molecule has 2 heteroatoms. The summed E-state index contributed by atoms with van der Waals surface area (Å²) in [6.45, 7) is 5.91. The van der Waals surface area contributed by atoms with Crippen molar-refractivity contribution in [3.8, 4) is 0 Å². The summed E-state index contributed by atoms with van der Waals surface area (Å²) in [6.07, 6.45) is 14.0. The Hall–Kier alpha value is -0.0800. The van der Waals surface area contributed by atoms with Crippen LogP contribution in [0.3, 0.4) is 0 Å². The van der Waals surface area contributed by atoms with Crippen LogP contribution in [0.1, 0.15) is 78.1 Å². The zero-order valence-corrected chi connectivity index (χ0v) is 13.5. The topological polar surface area (TPSA) is 21.3 Å². The summed E-state index contributed by atoms with van der Waals surface area (Å²) in [5, 5.41) is 3.76. The third-order valence-electron chi connectivity index (χ3n) is 5.91. The van der Waals surface area contributed by atoms with E-state index in [-0.39, 0.29) is 5.60 Å². The summed E-state index contributed by atoms with van der Waals surface area (Å²) in [7, 11) is 0. The minimum absolute atomic E-state index is 0.158. The highest BCUT2D eigenvalue weighted by molar-refractivity contribution is 4.93. The Labute approximate surface area is 125 Å². The Balaban J connectivity index is 1.60. The van der Waals surface area contributed by atoms with E-state index < -0.39 is 0 Å². The minimum Gasteiger partial charge on any atom is -0.370 e. The molecular weight excluding hydrogens is 246 g/mol. The first-order valence-corrected chi connectivity index (χ1v) is 9.08. The molecule has 2 atom stereocenters. The van der Waals surface area contributed by atoms with Gasteiger partial charge in [0.05, 0.1) is 11.7 Å². The van der Waals surface area contributed by atoms with Gasteiger partial charge >= 0.3 is 0 Å². The molecule has 3 rings (SSSR count). The van der Waals surface area contributed by atoms with Crippen LogP contribution in [0.2, 0.25) is 0 Å². The molecule has 1 N–H and O–H groups in total. The molecule has 2 nitrogen and oxygen atoms in total. The van der Waals surface area contributed by atoms with Gasteiger partial charge < -0.3 is 10.1 Å². The molecule has 3 saturated carbocycles. The lowest BCUT2D eigenvalue weighted by molar-refractivity contribution is -0.142. The maximum atomic E-state index is 6.80.